The van der Waals surface area contributed by atoms with Crippen LogP contribution in [0.2, 0.25) is 0 Å². The van der Waals surface area contributed by atoms with Crippen molar-refractivity contribution in [3.05, 3.63) is 70.8 Å². The highest BCUT2D eigenvalue weighted by molar-refractivity contribution is 5.93. The number of piperidine rings is 1. The SMILES string of the molecule is Cc1cccc(F)c1C1CCN(C(=O)c2cccc(C3=CCN(C(=O)OC(C)(C)C)C3)n2)CC1. The fraction of sp³-hybridized carbons (Fsp3) is 0.444. The van der Waals surface area contributed by atoms with Crippen molar-refractivity contribution in [2.45, 2.75) is 52.1 Å². The van der Waals surface area contributed by atoms with Crippen LogP contribution in [0.1, 0.15) is 66.8 Å². The molecule has 0 unspecified atom stereocenters. The molecule has 2 aliphatic rings. The number of rotatable bonds is 3. The third-order valence-corrected chi connectivity index (χ3v) is 6.33. The smallest absolute Gasteiger partial charge is 0.410 e. The third-order valence-electron chi connectivity index (χ3n) is 6.33. The molecule has 0 N–H and O–H groups in total. The summed E-state index contributed by atoms with van der Waals surface area (Å²) < 4.78 is 19.8. The molecule has 1 fully saturated rings. The van der Waals surface area contributed by atoms with Crippen molar-refractivity contribution < 1.29 is 18.7 Å². The number of halogens is 1. The minimum absolute atomic E-state index is 0.117. The number of carbonyl (C=O) groups is 2. The monoisotopic (exact) mass is 465 g/mol. The molecule has 0 spiro atoms. The Hall–Kier alpha value is -3.22. The summed E-state index contributed by atoms with van der Waals surface area (Å²) in [7, 11) is 0. The average Bonchev–Trinajstić information content (AvgIpc) is 3.29. The fourth-order valence-corrected chi connectivity index (χ4v) is 4.63. The molecular weight excluding hydrogens is 433 g/mol. The number of hydrogen-bond acceptors (Lipinski definition) is 4. The van der Waals surface area contributed by atoms with Crippen molar-refractivity contribution >= 4 is 17.6 Å². The van der Waals surface area contributed by atoms with Crippen molar-refractivity contribution in [3.8, 4) is 0 Å². The van der Waals surface area contributed by atoms with Crippen LogP contribution >= 0.6 is 0 Å². The number of carbonyl (C=O) groups excluding carboxylic acids is 2. The molecule has 0 radical (unpaired) electrons. The summed E-state index contributed by atoms with van der Waals surface area (Å²) in [6.07, 6.45) is 3.04. The second kappa shape index (κ2) is 9.57. The van der Waals surface area contributed by atoms with E-state index in [0.717, 1.165) is 29.5 Å². The van der Waals surface area contributed by atoms with Crippen LogP contribution in [-0.2, 0) is 4.74 Å². The summed E-state index contributed by atoms with van der Waals surface area (Å²) in [6.45, 7) is 9.44. The summed E-state index contributed by atoms with van der Waals surface area (Å²) in [6, 6.07) is 10.6. The van der Waals surface area contributed by atoms with E-state index in [1.807, 2.05) is 52.0 Å². The molecule has 2 amide bonds. The van der Waals surface area contributed by atoms with Gasteiger partial charge >= 0.3 is 6.09 Å². The van der Waals surface area contributed by atoms with E-state index in [0.29, 0.717) is 37.6 Å². The zero-order valence-corrected chi connectivity index (χ0v) is 20.3. The van der Waals surface area contributed by atoms with Gasteiger partial charge in [0.1, 0.15) is 17.1 Å². The number of ether oxygens (including phenoxy) is 1. The van der Waals surface area contributed by atoms with Crippen LogP contribution in [0.5, 0.6) is 0 Å². The lowest BCUT2D eigenvalue weighted by molar-refractivity contribution is 0.0306. The molecule has 180 valence electrons. The van der Waals surface area contributed by atoms with E-state index >= 15 is 0 Å². The Balaban J connectivity index is 1.39. The molecule has 1 aromatic carbocycles. The lowest BCUT2D eigenvalue weighted by Crippen LogP contribution is -2.38. The zero-order chi connectivity index (χ0) is 24.5. The highest BCUT2D eigenvalue weighted by Crippen LogP contribution is 2.32. The fourth-order valence-electron chi connectivity index (χ4n) is 4.63. The topological polar surface area (TPSA) is 62.7 Å². The van der Waals surface area contributed by atoms with E-state index in [1.54, 1.807) is 21.9 Å². The molecule has 2 aromatic rings. The number of amides is 2. The van der Waals surface area contributed by atoms with Crippen molar-refractivity contribution in [3.63, 3.8) is 0 Å². The molecule has 34 heavy (non-hydrogen) atoms. The first-order valence-corrected chi connectivity index (χ1v) is 11.8. The van der Waals surface area contributed by atoms with Gasteiger partial charge in [0.15, 0.2) is 0 Å². The largest absolute Gasteiger partial charge is 0.444 e. The van der Waals surface area contributed by atoms with Crippen LogP contribution in [0.15, 0.2) is 42.5 Å². The normalized spacial score (nSPS) is 17.0. The van der Waals surface area contributed by atoms with E-state index in [9.17, 15) is 14.0 Å². The van der Waals surface area contributed by atoms with Crippen LogP contribution in [0.4, 0.5) is 9.18 Å². The number of likely N-dealkylation sites (tertiary alicyclic amines) is 1. The van der Waals surface area contributed by atoms with Crippen LogP contribution < -0.4 is 0 Å². The van der Waals surface area contributed by atoms with Gasteiger partial charge in [-0.05, 0) is 81.4 Å². The molecule has 4 rings (SSSR count). The van der Waals surface area contributed by atoms with Crippen molar-refractivity contribution in [2.75, 3.05) is 26.2 Å². The molecular formula is C27H32FN3O3. The maximum absolute atomic E-state index is 14.4. The molecule has 0 bridgehead atoms. The molecule has 2 aliphatic heterocycles. The summed E-state index contributed by atoms with van der Waals surface area (Å²) in [5.74, 6) is -0.162. The van der Waals surface area contributed by atoms with Gasteiger partial charge in [-0.1, -0.05) is 24.3 Å². The zero-order valence-electron chi connectivity index (χ0n) is 20.3. The van der Waals surface area contributed by atoms with Crippen LogP contribution in [-0.4, -0.2) is 58.6 Å². The minimum Gasteiger partial charge on any atom is -0.444 e. The Labute approximate surface area is 200 Å². The lowest BCUT2D eigenvalue weighted by Gasteiger charge is -2.33. The van der Waals surface area contributed by atoms with Gasteiger partial charge < -0.3 is 14.5 Å². The number of benzene rings is 1. The van der Waals surface area contributed by atoms with E-state index in [-0.39, 0.29) is 23.7 Å². The van der Waals surface area contributed by atoms with Gasteiger partial charge in [-0.15, -0.1) is 0 Å². The Bertz CT molecular complexity index is 1090. The maximum Gasteiger partial charge on any atom is 0.410 e. The summed E-state index contributed by atoms with van der Waals surface area (Å²) >= 11 is 0. The number of aromatic nitrogens is 1. The number of aryl methyl sites for hydroxylation is 1. The Morgan fingerprint density at radius 2 is 1.76 bits per heavy atom. The van der Waals surface area contributed by atoms with Crippen LogP contribution in [0, 0.1) is 12.7 Å². The van der Waals surface area contributed by atoms with Crippen LogP contribution in [0.3, 0.4) is 0 Å². The van der Waals surface area contributed by atoms with Gasteiger partial charge in [-0.25, -0.2) is 14.2 Å². The molecule has 0 saturated carbocycles. The number of pyridine rings is 1. The molecule has 3 heterocycles. The van der Waals surface area contributed by atoms with Gasteiger partial charge in [0.2, 0.25) is 0 Å². The quantitative estimate of drug-likeness (QED) is 0.626. The summed E-state index contributed by atoms with van der Waals surface area (Å²) in [4.78, 5) is 33.5. The Kier molecular flexibility index (Phi) is 6.73. The van der Waals surface area contributed by atoms with Gasteiger partial charge in [0.05, 0.1) is 12.2 Å². The summed E-state index contributed by atoms with van der Waals surface area (Å²) in [5, 5.41) is 0. The number of nitrogens with zero attached hydrogens (tertiary/aromatic N) is 3. The van der Waals surface area contributed by atoms with E-state index in [2.05, 4.69) is 4.98 Å². The Morgan fingerprint density at radius 3 is 2.44 bits per heavy atom. The molecule has 7 heteroatoms. The molecule has 0 aliphatic carbocycles. The average molecular weight is 466 g/mol. The predicted molar refractivity (Wildman–Crippen MR) is 129 cm³/mol. The first kappa shape index (κ1) is 23.9. The van der Waals surface area contributed by atoms with Gasteiger partial charge in [0.25, 0.3) is 5.91 Å². The van der Waals surface area contributed by atoms with Gasteiger partial charge in [-0.3, -0.25) is 4.79 Å². The van der Waals surface area contributed by atoms with E-state index < -0.39 is 5.60 Å². The van der Waals surface area contributed by atoms with Crippen molar-refractivity contribution in [1.29, 1.82) is 0 Å². The van der Waals surface area contributed by atoms with E-state index in [4.69, 9.17) is 4.74 Å². The second-order valence-corrected chi connectivity index (χ2v) is 10.0. The van der Waals surface area contributed by atoms with E-state index in [1.165, 1.54) is 6.07 Å². The first-order chi connectivity index (χ1) is 16.1. The Morgan fingerprint density at radius 1 is 1.06 bits per heavy atom. The lowest BCUT2D eigenvalue weighted by atomic mass is 9.86. The third kappa shape index (κ3) is 5.29. The number of hydrogen-bond donors (Lipinski definition) is 0. The van der Waals surface area contributed by atoms with Gasteiger partial charge in [0, 0.05) is 19.6 Å². The maximum atomic E-state index is 14.4. The predicted octanol–water partition coefficient (Wildman–Crippen LogP) is 5.18. The second-order valence-electron chi connectivity index (χ2n) is 10.0. The summed E-state index contributed by atoms with van der Waals surface area (Å²) in [5.41, 5.74) is 3.16. The van der Waals surface area contributed by atoms with Gasteiger partial charge in [-0.2, -0.15) is 0 Å². The minimum atomic E-state index is -0.553. The molecule has 1 saturated heterocycles. The van der Waals surface area contributed by atoms with Crippen molar-refractivity contribution in [2.24, 2.45) is 0 Å². The molecule has 0 atom stereocenters. The first-order valence-electron chi connectivity index (χ1n) is 11.8. The van der Waals surface area contributed by atoms with Crippen molar-refractivity contribution in [1.82, 2.24) is 14.8 Å². The molecule has 1 aromatic heterocycles. The highest BCUT2D eigenvalue weighted by atomic mass is 19.1. The standard InChI is InChI=1S/C27H32FN3O3/c1-18-7-5-8-21(28)24(18)19-11-14-30(15-12-19)25(32)23-10-6-9-22(29-23)20-13-16-31(17-20)26(33)34-27(2,3)4/h5-10,13,19H,11-12,14-17H2,1-4H3. The molecule has 6 nitrogen and oxygen atoms in total. The highest BCUT2D eigenvalue weighted by Gasteiger charge is 2.29. The van der Waals surface area contributed by atoms with Crippen LogP contribution in [0.25, 0.3) is 5.57 Å².